The molecule has 0 saturated heterocycles. The fourth-order valence-corrected chi connectivity index (χ4v) is 3.36. The highest BCUT2D eigenvalue weighted by Crippen LogP contribution is 2.34. The number of carbonyl (C=O) groups is 1. The van der Waals surface area contributed by atoms with E-state index in [1.165, 1.54) is 36.7 Å². The summed E-state index contributed by atoms with van der Waals surface area (Å²) in [5.74, 6) is -0.873. The van der Waals surface area contributed by atoms with E-state index in [0.29, 0.717) is 5.69 Å². The Kier molecular flexibility index (Phi) is 5.78. The summed E-state index contributed by atoms with van der Waals surface area (Å²) in [4.78, 5) is 46.8. The van der Waals surface area contributed by atoms with E-state index in [1.54, 1.807) is 18.2 Å². The lowest BCUT2D eigenvalue weighted by molar-refractivity contribution is -0.137. The first-order chi connectivity index (χ1) is 15.8. The largest absolute Gasteiger partial charge is 0.418 e. The van der Waals surface area contributed by atoms with Gasteiger partial charge in [0.25, 0.3) is 5.56 Å². The van der Waals surface area contributed by atoms with Gasteiger partial charge in [-0.25, -0.2) is 9.78 Å². The van der Waals surface area contributed by atoms with Gasteiger partial charge < -0.3 is 5.32 Å². The van der Waals surface area contributed by atoms with Gasteiger partial charge in [-0.2, -0.15) is 13.2 Å². The molecule has 3 aromatic heterocycles. The van der Waals surface area contributed by atoms with Gasteiger partial charge in [-0.15, -0.1) is 0 Å². The van der Waals surface area contributed by atoms with Crippen LogP contribution in [0.1, 0.15) is 11.3 Å². The van der Waals surface area contributed by atoms with Crippen LogP contribution in [0.4, 0.5) is 18.9 Å². The fraction of sp³-hybridized carbons (Fsp3) is 0.136. The molecule has 1 N–H and O–H groups in total. The minimum Gasteiger partial charge on any atom is -0.324 e. The third kappa shape index (κ3) is 4.52. The molecule has 0 atom stereocenters. The number of benzene rings is 1. The molecule has 0 aliphatic carbocycles. The Morgan fingerprint density at radius 3 is 2.36 bits per heavy atom. The van der Waals surface area contributed by atoms with E-state index in [-0.39, 0.29) is 17.6 Å². The minimum atomic E-state index is -4.67. The number of nitrogens with zero attached hydrogens (tertiary/aromatic N) is 4. The van der Waals surface area contributed by atoms with Crippen LogP contribution < -0.4 is 16.6 Å². The van der Waals surface area contributed by atoms with Gasteiger partial charge in [-0.1, -0.05) is 18.2 Å². The highest BCUT2D eigenvalue weighted by atomic mass is 19.4. The number of carbonyl (C=O) groups excluding carboxylic acids is 1. The number of hydrogen-bond acceptors (Lipinski definition) is 5. The third-order valence-electron chi connectivity index (χ3n) is 4.84. The Hall–Kier alpha value is -4.28. The van der Waals surface area contributed by atoms with Gasteiger partial charge in [0, 0.05) is 12.4 Å². The fourth-order valence-electron chi connectivity index (χ4n) is 3.36. The SMILES string of the molecule is O=C(Cn1c(=O)n(Cc2ccccn2)c(=O)c2ncccc21)Nc1ccccc1C(F)(F)F. The van der Waals surface area contributed by atoms with Gasteiger partial charge in [-0.05, 0) is 36.4 Å². The number of rotatable bonds is 5. The summed E-state index contributed by atoms with van der Waals surface area (Å²) in [6, 6.07) is 12.4. The highest BCUT2D eigenvalue weighted by molar-refractivity contribution is 5.92. The molecule has 0 saturated carbocycles. The predicted molar refractivity (Wildman–Crippen MR) is 114 cm³/mol. The van der Waals surface area contributed by atoms with Crippen LogP contribution >= 0.6 is 0 Å². The summed E-state index contributed by atoms with van der Waals surface area (Å²) in [7, 11) is 0. The van der Waals surface area contributed by atoms with Crippen molar-refractivity contribution in [2.24, 2.45) is 0 Å². The molecule has 4 aromatic rings. The van der Waals surface area contributed by atoms with Crippen molar-refractivity contribution in [3.63, 3.8) is 0 Å². The molecule has 0 aliphatic rings. The van der Waals surface area contributed by atoms with Crippen LogP contribution in [0.5, 0.6) is 0 Å². The molecule has 8 nitrogen and oxygen atoms in total. The average molecular weight is 455 g/mol. The summed E-state index contributed by atoms with van der Waals surface area (Å²) in [6.07, 6.45) is -1.81. The molecular weight excluding hydrogens is 439 g/mol. The average Bonchev–Trinajstić information content (AvgIpc) is 2.80. The standard InChI is InChI=1S/C22H16F3N5O3/c23-22(24,25)15-7-1-2-8-16(15)28-18(31)13-29-17-9-5-11-27-19(17)20(32)30(21(29)33)12-14-6-3-4-10-26-14/h1-11H,12-13H2,(H,28,31). The van der Waals surface area contributed by atoms with E-state index in [1.807, 2.05) is 0 Å². The normalized spacial score (nSPS) is 11.5. The second kappa shape index (κ2) is 8.69. The lowest BCUT2D eigenvalue weighted by Gasteiger charge is -2.15. The van der Waals surface area contributed by atoms with Crippen molar-refractivity contribution >= 4 is 22.6 Å². The number of amides is 1. The van der Waals surface area contributed by atoms with Crippen molar-refractivity contribution in [1.29, 1.82) is 0 Å². The highest BCUT2D eigenvalue weighted by Gasteiger charge is 2.33. The van der Waals surface area contributed by atoms with Gasteiger partial charge in [0.05, 0.1) is 29.0 Å². The van der Waals surface area contributed by atoms with E-state index in [2.05, 4.69) is 15.3 Å². The van der Waals surface area contributed by atoms with E-state index in [0.717, 1.165) is 21.3 Å². The smallest absolute Gasteiger partial charge is 0.324 e. The molecule has 0 fully saturated rings. The number of para-hydroxylation sites is 1. The van der Waals surface area contributed by atoms with E-state index < -0.39 is 41.1 Å². The maximum absolute atomic E-state index is 13.2. The number of hydrogen-bond donors (Lipinski definition) is 1. The quantitative estimate of drug-likeness (QED) is 0.499. The second-order valence-corrected chi connectivity index (χ2v) is 7.04. The lowest BCUT2D eigenvalue weighted by Crippen LogP contribution is -2.42. The predicted octanol–water partition coefficient (Wildman–Crippen LogP) is 2.66. The van der Waals surface area contributed by atoms with Crippen LogP contribution in [-0.4, -0.2) is 25.0 Å². The molecule has 1 aromatic carbocycles. The van der Waals surface area contributed by atoms with E-state index in [4.69, 9.17) is 0 Å². The Morgan fingerprint density at radius 2 is 1.64 bits per heavy atom. The molecule has 3 heterocycles. The Balaban J connectivity index is 1.75. The Bertz CT molecular complexity index is 1450. The lowest BCUT2D eigenvalue weighted by atomic mass is 10.1. The van der Waals surface area contributed by atoms with Crippen molar-refractivity contribution in [2.75, 3.05) is 5.32 Å². The van der Waals surface area contributed by atoms with Crippen LogP contribution in [-0.2, 0) is 24.1 Å². The molecule has 0 aliphatic heterocycles. The van der Waals surface area contributed by atoms with Crippen LogP contribution in [0, 0.1) is 0 Å². The molecule has 0 bridgehead atoms. The van der Waals surface area contributed by atoms with Crippen LogP contribution in [0.15, 0.2) is 76.6 Å². The summed E-state index contributed by atoms with van der Waals surface area (Å²) in [6.45, 7) is -0.792. The number of aromatic nitrogens is 4. The topological polar surface area (TPSA) is 98.9 Å². The number of anilines is 1. The van der Waals surface area contributed by atoms with Gasteiger partial charge in [0.15, 0.2) is 5.52 Å². The Morgan fingerprint density at radius 1 is 0.909 bits per heavy atom. The molecule has 1 amide bonds. The maximum Gasteiger partial charge on any atom is 0.418 e. The monoisotopic (exact) mass is 455 g/mol. The zero-order chi connectivity index (χ0) is 23.6. The number of nitrogens with one attached hydrogen (secondary N) is 1. The molecule has 4 rings (SSSR count). The van der Waals surface area contributed by atoms with Gasteiger partial charge >= 0.3 is 11.9 Å². The zero-order valence-electron chi connectivity index (χ0n) is 16.9. The number of halogens is 3. The number of alkyl halides is 3. The van der Waals surface area contributed by atoms with Crippen molar-refractivity contribution < 1.29 is 18.0 Å². The minimum absolute atomic E-state index is 0.0588. The summed E-state index contributed by atoms with van der Waals surface area (Å²) >= 11 is 0. The third-order valence-corrected chi connectivity index (χ3v) is 4.84. The first-order valence-electron chi connectivity index (χ1n) is 9.70. The van der Waals surface area contributed by atoms with Crippen LogP contribution in [0.2, 0.25) is 0 Å². The molecule has 33 heavy (non-hydrogen) atoms. The summed E-state index contributed by atoms with van der Waals surface area (Å²) in [5.41, 5.74) is -2.47. The van der Waals surface area contributed by atoms with Crippen molar-refractivity contribution in [2.45, 2.75) is 19.3 Å². The molecule has 0 unspecified atom stereocenters. The summed E-state index contributed by atoms with van der Waals surface area (Å²) < 4.78 is 41.6. The van der Waals surface area contributed by atoms with Crippen LogP contribution in [0.3, 0.4) is 0 Å². The number of fused-ring (bicyclic) bond motifs is 1. The summed E-state index contributed by atoms with van der Waals surface area (Å²) in [5, 5.41) is 2.20. The maximum atomic E-state index is 13.2. The number of pyridine rings is 2. The first-order valence-corrected chi connectivity index (χ1v) is 9.70. The van der Waals surface area contributed by atoms with Crippen molar-refractivity contribution in [1.82, 2.24) is 19.1 Å². The Labute approximate surface area is 184 Å². The van der Waals surface area contributed by atoms with Gasteiger partial charge in [0.1, 0.15) is 6.54 Å². The van der Waals surface area contributed by atoms with E-state index >= 15 is 0 Å². The zero-order valence-corrected chi connectivity index (χ0v) is 16.9. The van der Waals surface area contributed by atoms with Gasteiger partial charge in [-0.3, -0.25) is 23.7 Å². The van der Waals surface area contributed by atoms with Gasteiger partial charge in [0.2, 0.25) is 5.91 Å². The van der Waals surface area contributed by atoms with Crippen molar-refractivity contribution in [3.05, 3.63) is 99.1 Å². The van der Waals surface area contributed by atoms with Crippen molar-refractivity contribution in [3.8, 4) is 0 Å². The molecule has 0 radical (unpaired) electrons. The molecule has 168 valence electrons. The molecule has 11 heteroatoms. The van der Waals surface area contributed by atoms with Crippen LogP contribution in [0.25, 0.3) is 11.0 Å². The molecular formula is C22H16F3N5O3. The second-order valence-electron chi connectivity index (χ2n) is 7.04. The first kappa shape index (κ1) is 21.9. The van der Waals surface area contributed by atoms with E-state index in [9.17, 15) is 27.6 Å². The molecule has 0 spiro atoms.